The van der Waals surface area contributed by atoms with Crippen molar-refractivity contribution in [2.24, 2.45) is 11.1 Å². The van der Waals surface area contributed by atoms with Gasteiger partial charge in [0.2, 0.25) is 0 Å². The molecule has 0 saturated carbocycles. The highest BCUT2D eigenvalue weighted by atomic mass is 15.3. The van der Waals surface area contributed by atoms with Crippen LogP contribution < -0.4 is 5.73 Å². The predicted octanol–water partition coefficient (Wildman–Crippen LogP) is 3.11. The van der Waals surface area contributed by atoms with Crippen molar-refractivity contribution in [1.82, 2.24) is 19.7 Å². The first kappa shape index (κ1) is 16.9. The molecule has 134 valence electrons. The molecule has 1 unspecified atom stereocenters. The summed E-state index contributed by atoms with van der Waals surface area (Å²) in [6.07, 6.45) is 6.95. The molecule has 1 aliphatic heterocycles. The summed E-state index contributed by atoms with van der Waals surface area (Å²) < 4.78 is 1.98. The molecule has 5 heteroatoms. The number of likely N-dealkylation sites (tertiary alicyclic amines) is 1. The zero-order valence-electron chi connectivity index (χ0n) is 15.2. The Morgan fingerprint density at radius 1 is 1.12 bits per heavy atom. The average molecular weight is 347 g/mol. The Balaban J connectivity index is 1.67. The van der Waals surface area contributed by atoms with Gasteiger partial charge in [0.05, 0.1) is 11.4 Å². The molecule has 0 amide bonds. The molecule has 3 heterocycles. The first-order chi connectivity index (χ1) is 12.7. The molecule has 1 aromatic carbocycles. The summed E-state index contributed by atoms with van der Waals surface area (Å²) >= 11 is 0. The number of nitrogens with two attached hydrogens (primary N) is 1. The molecule has 1 fully saturated rings. The van der Waals surface area contributed by atoms with E-state index in [1.54, 1.807) is 0 Å². The van der Waals surface area contributed by atoms with Crippen molar-refractivity contribution in [2.45, 2.75) is 19.9 Å². The molecule has 4 rings (SSSR count). The Morgan fingerprint density at radius 3 is 2.58 bits per heavy atom. The summed E-state index contributed by atoms with van der Waals surface area (Å²) in [6, 6.07) is 14.3. The third-order valence-electron chi connectivity index (χ3n) is 5.29. The molecular weight excluding hydrogens is 322 g/mol. The Morgan fingerprint density at radius 2 is 1.88 bits per heavy atom. The van der Waals surface area contributed by atoms with Gasteiger partial charge in [0.25, 0.3) is 0 Å². The van der Waals surface area contributed by atoms with Crippen LogP contribution in [0.5, 0.6) is 0 Å². The van der Waals surface area contributed by atoms with E-state index in [1.807, 2.05) is 47.4 Å². The van der Waals surface area contributed by atoms with Gasteiger partial charge in [0.1, 0.15) is 0 Å². The summed E-state index contributed by atoms with van der Waals surface area (Å²) in [5.74, 6) is 0. The second kappa shape index (κ2) is 7.02. The lowest BCUT2D eigenvalue weighted by Gasteiger charge is -2.22. The number of hydrogen-bond donors (Lipinski definition) is 1. The fourth-order valence-corrected chi connectivity index (χ4v) is 3.66. The molecule has 2 aromatic heterocycles. The van der Waals surface area contributed by atoms with E-state index in [9.17, 15) is 0 Å². The minimum absolute atomic E-state index is 0.228. The second-order valence-corrected chi connectivity index (χ2v) is 7.49. The van der Waals surface area contributed by atoms with Crippen LogP contribution >= 0.6 is 0 Å². The zero-order valence-corrected chi connectivity index (χ0v) is 15.2. The van der Waals surface area contributed by atoms with Crippen LogP contribution in [0.15, 0.2) is 61.1 Å². The predicted molar refractivity (Wildman–Crippen MR) is 104 cm³/mol. The van der Waals surface area contributed by atoms with E-state index in [0.717, 1.165) is 49.5 Å². The molecule has 0 spiro atoms. The van der Waals surface area contributed by atoms with E-state index in [0.29, 0.717) is 0 Å². The van der Waals surface area contributed by atoms with E-state index >= 15 is 0 Å². The average Bonchev–Trinajstić information content (AvgIpc) is 3.28. The van der Waals surface area contributed by atoms with Gasteiger partial charge < -0.3 is 5.73 Å². The maximum absolute atomic E-state index is 5.97. The number of pyridine rings is 1. The monoisotopic (exact) mass is 347 g/mol. The lowest BCUT2D eigenvalue weighted by molar-refractivity contribution is 0.274. The fraction of sp³-hybridized carbons (Fsp3) is 0.333. The minimum atomic E-state index is 0.228. The van der Waals surface area contributed by atoms with Crippen molar-refractivity contribution in [2.75, 3.05) is 19.6 Å². The van der Waals surface area contributed by atoms with Crippen molar-refractivity contribution in [3.8, 4) is 16.9 Å². The lowest BCUT2D eigenvalue weighted by Crippen LogP contribution is -2.31. The Labute approximate surface area is 154 Å². The highest BCUT2D eigenvalue weighted by Crippen LogP contribution is 2.31. The zero-order chi connectivity index (χ0) is 18.0. The number of aromatic nitrogens is 3. The van der Waals surface area contributed by atoms with Crippen molar-refractivity contribution in [3.05, 3.63) is 66.6 Å². The van der Waals surface area contributed by atoms with Gasteiger partial charge in [0.15, 0.2) is 0 Å². The lowest BCUT2D eigenvalue weighted by atomic mass is 9.90. The molecule has 0 aliphatic carbocycles. The third-order valence-corrected chi connectivity index (χ3v) is 5.29. The molecule has 1 atom stereocenters. The number of para-hydroxylation sites is 1. The molecule has 1 saturated heterocycles. The van der Waals surface area contributed by atoms with Gasteiger partial charge in [-0.1, -0.05) is 25.1 Å². The molecule has 5 nitrogen and oxygen atoms in total. The molecule has 0 radical (unpaired) electrons. The number of hydrogen-bond acceptors (Lipinski definition) is 4. The van der Waals surface area contributed by atoms with Crippen LogP contribution in [0, 0.1) is 5.41 Å². The number of nitrogens with zero attached hydrogens (tertiary/aromatic N) is 4. The van der Waals surface area contributed by atoms with Gasteiger partial charge in [0, 0.05) is 42.8 Å². The van der Waals surface area contributed by atoms with Gasteiger partial charge in [-0.2, -0.15) is 5.10 Å². The standard InChI is InChI=1S/C21H25N5/c1-21(15-22)9-12-25(16-21)13-18-14-26(19-5-3-2-4-6-19)24-20(18)17-7-10-23-11-8-17/h2-8,10-11,14H,9,12-13,15-16,22H2,1H3. The summed E-state index contributed by atoms with van der Waals surface area (Å²) in [7, 11) is 0. The first-order valence-corrected chi connectivity index (χ1v) is 9.14. The van der Waals surface area contributed by atoms with Gasteiger partial charge in [-0.15, -0.1) is 0 Å². The van der Waals surface area contributed by atoms with E-state index in [2.05, 4.69) is 35.1 Å². The largest absolute Gasteiger partial charge is 0.330 e. The maximum Gasteiger partial charge on any atom is 0.0973 e. The van der Waals surface area contributed by atoms with Crippen molar-refractivity contribution in [1.29, 1.82) is 0 Å². The topological polar surface area (TPSA) is 60.0 Å². The Hall–Kier alpha value is -2.50. The molecular formula is C21H25N5. The van der Waals surface area contributed by atoms with E-state index in [-0.39, 0.29) is 5.41 Å². The molecule has 0 bridgehead atoms. The second-order valence-electron chi connectivity index (χ2n) is 7.49. The summed E-state index contributed by atoms with van der Waals surface area (Å²) in [5.41, 5.74) is 10.6. The van der Waals surface area contributed by atoms with Crippen LogP contribution in [-0.4, -0.2) is 39.3 Å². The smallest absolute Gasteiger partial charge is 0.0973 e. The minimum Gasteiger partial charge on any atom is -0.330 e. The first-order valence-electron chi connectivity index (χ1n) is 9.14. The van der Waals surface area contributed by atoms with E-state index in [1.165, 1.54) is 5.56 Å². The van der Waals surface area contributed by atoms with Crippen molar-refractivity contribution >= 4 is 0 Å². The highest BCUT2D eigenvalue weighted by Gasteiger charge is 2.32. The molecule has 26 heavy (non-hydrogen) atoms. The van der Waals surface area contributed by atoms with Gasteiger partial charge >= 0.3 is 0 Å². The van der Waals surface area contributed by atoms with Crippen LogP contribution in [0.2, 0.25) is 0 Å². The maximum atomic E-state index is 5.97. The van der Waals surface area contributed by atoms with Gasteiger partial charge in [-0.05, 0) is 49.2 Å². The number of rotatable bonds is 5. The Bertz CT molecular complexity index is 859. The van der Waals surface area contributed by atoms with E-state index in [4.69, 9.17) is 10.8 Å². The van der Waals surface area contributed by atoms with Gasteiger partial charge in [-0.25, -0.2) is 4.68 Å². The summed E-state index contributed by atoms with van der Waals surface area (Å²) in [4.78, 5) is 6.63. The normalized spacial score (nSPS) is 20.5. The highest BCUT2D eigenvalue weighted by molar-refractivity contribution is 5.62. The van der Waals surface area contributed by atoms with Crippen molar-refractivity contribution < 1.29 is 0 Å². The number of benzene rings is 1. The van der Waals surface area contributed by atoms with Crippen LogP contribution in [0.4, 0.5) is 0 Å². The molecule has 2 N–H and O–H groups in total. The van der Waals surface area contributed by atoms with Crippen LogP contribution in [-0.2, 0) is 6.54 Å². The third kappa shape index (κ3) is 3.41. The van der Waals surface area contributed by atoms with Crippen molar-refractivity contribution in [3.63, 3.8) is 0 Å². The molecule has 1 aliphatic rings. The van der Waals surface area contributed by atoms with Crippen LogP contribution in [0.3, 0.4) is 0 Å². The fourth-order valence-electron chi connectivity index (χ4n) is 3.66. The van der Waals surface area contributed by atoms with E-state index < -0.39 is 0 Å². The SMILES string of the molecule is CC1(CN)CCN(Cc2cn(-c3ccccc3)nc2-c2ccncc2)C1. The van der Waals surface area contributed by atoms with Gasteiger partial charge in [-0.3, -0.25) is 9.88 Å². The summed E-state index contributed by atoms with van der Waals surface area (Å²) in [6.45, 7) is 6.03. The Kier molecular flexibility index (Phi) is 4.57. The van der Waals surface area contributed by atoms with Crippen LogP contribution in [0.25, 0.3) is 16.9 Å². The van der Waals surface area contributed by atoms with Crippen LogP contribution in [0.1, 0.15) is 18.9 Å². The summed E-state index contributed by atoms with van der Waals surface area (Å²) in [5, 5.41) is 4.89. The quantitative estimate of drug-likeness (QED) is 0.770. The molecule has 3 aromatic rings.